The molecule has 0 unspecified atom stereocenters. The molecule has 3 aliphatic heterocycles. The van der Waals surface area contributed by atoms with Crippen LogP contribution < -0.4 is 21.1 Å². The number of imidazole rings is 1. The Kier molecular flexibility index (Phi) is 3.32. The Bertz CT molecular complexity index is 1320. The first-order valence-electron chi connectivity index (χ1n) is 9.79. The molecule has 3 aliphatic rings. The number of aryl methyl sites for hydroxylation is 1. The molecule has 1 aromatic carbocycles. The number of allylic oxidation sites excluding steroid dienone is 1. The van der Waals surface area contributed by atoms with E-state index in [0.29, 0.717) is 5.56 Å². The van der Waals surface area contributed by atoms with E-state index in [4.69, 9.17) is 10.5 Å². The van der Waals surface area contributed by atoms with Crippen molar-refractivity contribution in [1.29, 1.82) is 5.26 Å². The van der Waals surface area contributed by atoms with Gasteiger partial charge in [-0.05, 0) is 44.4 Å². The number of H-pyrrole nitrogens is 2. The molecule has 4 heterocycles. The lowest BCUT2D eigenvalue weighted by atomic mass is 9.71. The number of carbonyl (C=O) groups excluding carboxylic acids is 1. The first kappa shape index (κ1) is 18.3. The van der Waals surface area contributed by atoms with Crippen LogP contribution in [0.15, 0.2) is 34.5 Å². The lowest BCUT2D eigenvalue weighted by molar-refractivity contribution is -0.121. The number of aromatic amines is 2. The summed E-state index contributed by atoms with van der Waals surface area (Å²) >= 11 is 0. The van der Waals surface area contributed by atoms with Crippen LogP contribution in [0.3, 0.4) is 0 Å². The van der Waals surface area contributed by atoms with Crippen LogP contribution in [0.25, 0.3) is 5.57 Å². The zero-order chi connectivity index (χ0) is 21.6. The predicted molar refractivity (Wildman–Crippen MR) is 111 cm³/mol. The van der Waals surface area contributed by atoms with Gasteiger partial charge < -0.3 is 20.4 Å². The number of hydrogen-bond acceptors (Lipinski definition) is 5. The summed E-state index contributed by atoms with van der Waals surface area (Å²) in [6, 6.07) is 6.12. The zero-order valence-corrected chi connectivity index (χ0v) is 17.1. The maximum Gasteiger partial charge on any atom is 0.326 e. The minimum atomic E-state index is -1.57. The van der Waals surface area contributed by atoms with Gasteiger partial charge in [-0.1, -0.05) is 19.1 Å². The zero-order valence-electron chi connectivity index (χ0n) is 17.1. The quantitative estimate of drug-likeness (QED) is 0.672. The van der Waals surface area contributed by atoms with Crippen molar-refractivity contribution in [3.8, 4) is 11.9 Å². The molecule has 5 rings (SSSR count). The van der Waals surface area contributed by atoms with Crippen molar-refractivity contribution >= 4 is 17.2 Å². The number of carbonyl (C=O) groups is 1. The maximum absolute atomic E-state index is 14.2. The highest BCUT2D eigenvalue weighted by atomic mass is 16.5. The Morgan fingerprint density at radius 2 is 2.00 bits per heavy atom. The van der Waals surface area contributed by atoms with E-state index >= 15 is 0 Å². The minimum Gasteiger partial charge on any atom is -0.422 e. The molecule has 1 aromatic heterocycles. The Balaban J connectivity index is 2.01. The second-order valence-corrected chi connectivity index (χ2v) is 8.50. The van der Waals surface area contributed by atoms with Crippen molar-refractivity contribution in [1.82, 2.24) is 9.97 Å². The third-order valence-electron chi connectivity index (χ3n) is 6.31. The molecule has 1 spiro atoms. The number of aromatic nitrogens is 2. The average molecular weight is 403 g/mol. The van der Waals surface area contributed by atoms with E-state index in [9.17, 15) is 14.9 Å². The molecule has 1 amide bonds. The number of ether oxygens (including phenoxy) is 1. The van der Waals surface area contributed by atoms with Crippen molar-refractivity contribution in [2.75, 3.05) is 4.90 Å². The van der Waals surface area contributed by atoms with Crippen molar-refractivity contribution in [2.24, 2.45) is 5.73 Å². The molecule has 152 valence electrons. The number of nitrogens with one attached hydrogen (secondary N) is 2. The molecule has 0 saturated carbocycles. The van der Waals surface area contributed by atoms with Gasteiger partial charge >= 0.3 is 5.69 Å². The summed E-state index contributed by atoms with van der Waals surface area (Å²) in [4.78, 5) is 33.4. The molecule has 0 fully saturated rings. The summed E-state index contributed by atoms with van der Waals surface area (Å²) in [5.41, 5.74) is 7.96. The fourth-order valence-electron chi connectivity index (χ4n) is 5.13. The Hall–Kier alpha value is -3.73. The lowest BCUT2D eigenvalue weighted by Gasteiger charge is -2.40. The van der Waals surface area contributed by atoms with E-state index in [2.05, 4.69) is 28.2 Å². The van der Waals surface area contributed by atoms with Gasteiger partial charge in [0, 0.05) is 11.1 Å². The van der Waals surface area contributed by atoms with Gasteiger partial charge in [-0.3, -0.25) is 9.78 Å². The van der Waals surface area contributed by atoms with E-state index in [1.807, 2.05) is 33.8 Å². The number of nitrogens with zero attached hydrogens (tertiary/aromatic N) is 2. The highest BCUT2D eigenvalue weighted by Gasteiger charge is 2.63. The summed E-state index contributed by atoms with van der Waals surface area (Å²) in [5, 5.41) is 10.1. The van der Waals surface area contributed by atoms with Crippen molar-refractivity contribution < 1.29 is 9.53 Å². The SMILES string of the molecule is CCc1cc2c3c(c1)[C@]1(C(=O)N3C(C)(C)C=C2C)C(C#N)=C(N)Oc2[nH]c(=O)[nH]c21. The summed E-state index contributed by atoms with van der Waals surface area (Å²) < 4.78 is 5.51. The molecule has 0 aliphatic carbocycles. The molecule has 0 bridgehead atoms. The van der Waals surface area contributed by atoms with E-state index in [1.165, 1.54) is 0 Å². The van der Waals surface area contributed by atoms with Crippen molar-refractivity contribution in [3.05, 3.63) is 62.5 Å². The van der Waals surface area contributed by atoms with Crippen LogP contribution in [-0.4, -0.2) is 21.4 Å². The monoisotopic (exact) mass is 403 g/mol. The van der Waals surface area contributed by atoms with Gasteiger partial charge in [-0.25, -0.2) is 4.79 Å². The van der Waals surface area contributed by atoms with Gasteiger partial charge in [0.05, 0.1) is 11.2 Å². The third-order valence-corrected chi connectivity index (χ3v) is 6.31. The molecular weight excluding hydrogens is 382 g/mol. The molecule has 0 radical (unpaired) electrons. The van der Waals surface area contributed by atoms with Gasteiger partial charge in [0.25, 0.3) is 0 Å². The molecule has 0 saturated heterocycles. The summed E-state index contributed by atoms with van der Waals surface area (Å²) in [5.74, 6) is -0.463. The molecular formula is C22H21N5O3. The minimum absolute atomic E-state index is 0.0199. The van der Waals surface area contributed by atoms with Crippen LogP contribution in [0.2, 0.25) is 0 Å². The summed E-state index contributed by atoms with van der Waals surface area (Å²) in [7, 11) is 0. The average Bonchev–Trinajstić information content (AvgIpc) is 3.16. The lowest BCUT2D eigenvalue weighted by Crippen LogP contribution is -2.53. The Morgan fingerprint density at radius 1 is 1.27 bits per heavy atom. The number of rotatable bonds is 1. The molecule has 1 atom stereocenters. The first-order valence-corrected chi connectivity index (χ1v) is 9.79. The third kappa shape index (κ3) is 1.90. The number of nitrogens with two attached hydrogens (primary N) is 1. The standard InChI is InChI=1S/C22H21N5O3/c1-5-11-6-12-10(2)8-21(3,4)27-15(12)13(7-11)22(19(27)28)14(9-23)17(24)30-18-16(22)25-20(29)26-18/h6-8H,5,24H2,1-4H3,(H2,25,26,29)/t22-/m0/s1. The Morgan fingerprint density at radius 3 is 2.67 bits per heavy atom. The van der Waals surface area contributed by atoms with Crippen molar-refractivity contribution in [2.45, 2.75) is 45.1 Å². The van der Waals surface area contributed by atoms with E-state index in [1.54, 1.807) is 4.90 Å². The topological polar surface area (TPSA) is 128 Å². The molecule has 8 nitrogen and oxygen atoms in total. The second kappa shape index (κ2) is 5.45. The number of hydrogen-bond donors (Lipinski definition) is 3. The summed E-state index contributed by atoms with van der Waals surface area (Å²) in [6.07, 6.45) is 2.80. The number of amides is 1. The highest BCUT2D eigenvalue weighted by molar-refractivity contribution is 6.17. The molecule has 2 aromatic rings. The van der Waals surface area contributed by atoms with Crippen LogP contribution in [0.4, 0.5) is 5.69 Å². The van der Waals surface area contributed by atoms with Gasteiger partial charge in [0.1, 0.15) is 17.3 Å². The van der Waals surface area contributed by atoms with Crippen LogP contribution in [0.1, 0.15) is 50.1 Å². The second-order valence-electron chi connectivity index (χ2n) is 8.50. The smallest absolute Gasteiger partial charge is 0.326 e. The highest BCUT2D eigenvalue weighted by Crippen LogP contribution is 2.58. The fourth-order valence-corrected chi connectivity index (χ4v) is 5.13. The largest absolute Gasteiger partial charge is 0.422 e. The number of benzene rings is 1. The summed E-state index contributed by atoms with van der Waals surface area (Å²) in [6.45, 7) is 7.96. The maximum atomic E-state index is 14.2. The van der Waals surface area contributed by atoms with Crippen molar-refractivity contribution in [3.63, 3.8) is 0 Å². The number of nitriles is 1. The van der Waals surface area contributed by atoms with Crippen LogP contribution in [0.5, 0.6) is 5.88 Å². The molecule has 4 N–H and O–H groups in total. The molecule has 8 heteroatoms. The van der Waals surface area contributed by atoms with Crippen LogP contribution in [-0.2, 0) is 16.6 Å². The van der Waals surface area contributed by atoms with Crippen LogP contribution in [0, 0.1) is 11.3 Å². The van der Waals surface area contributed by atoms with Gasteiger partial charge in [0.2, 0.25) is 17.7 Å². The molecule has 30 heavy (non-hydrogen) atoms. The van der Waals surface area contributed by atoms with Gasteiger partial charge in [0.15, 0.2) is 5.41 Å². The number of fused-ring (bicyclic) bond motifs is 3. The van der Waals surface area contributed by atoms with E-state index in [-0.39, 0.29) is 28.9 Å². The first-order chi connectivity index (χ1) is 14.2. The van der Waals surface area contributed by atoms with E-state index in [0.717, 1.165) is 28.8 Å². The van der Waals surface area contributed by atoms with Crippen LogP contribution >= 0.6 is 0 Å². The Labute approximate surface area is 172 Å². The van der Waals surface area contributed by atoms with Gasteiger partial charge in [-0.15, -0.1) is 0 Å². The normalized spacial score (nSPS) is 23.1. The van der Waals surface area contributed by atoms with E-state index < -0.39 is 16.6 Å². The fraction of sp³-hybridized carbons (Fsp3) is 0.318. The van der Waals surface area contributed by atoms with Gasteiger partial charge in [-0.2, -0.15) is 5.26 Å². The predicted octanol–water partition coefficient (Wildman–Crippen LogP) is 2.18. The number of anilines is 1.